The monoisotopic (exact) mass is 392 g/mol. The third kappa shape index (κ3) is 4.28. The lowest BCUT2D eigenvalue weighted by molar-refractivity contribution is 0.152. The third-order valence-corrected chi connectivity index (χ3v) is 5.23. The molecule has 1 atom stereocenters. The van der Waals surface area contributed by atoms with E-state index in [9.17, 15) is 5.26 Å². The number of hydrogen-bond donors (Lipinski definition) is 1. The average molecular weight is 392 g/mol. The molecule has 3 aromatic rings. The predicted octanol–water partition coefficient (Wildman–Crippen LogP) is 4.45. The second-order valence-corrected chi connectivity index (χ2v) is 7.05. The van der Waals surface area contributed by atoms with Gasteiger partial charge in [-0.2, -0.15) is 10.2 Å². The van der Waals surface area contributed by atoms with E-state index in [0.717, 1.165) is 30.2 Å². The third-order valence-electron chi connectivity index (χ3n) is 5.23. The maximum atomic E-state index is 9.50. The molecule has 1 fully saturated rings. The van der Waals surface area contributed by atoms with Gasteiger partial charge in [0.25, 0.3) is 0 Å². The molecule has 1 aliphatic heterocycles. The van der Waals surface area contributed by atoms with Crippen molar-refractivity contribution in [3.63, 3.8) is 0 Å². The molecule has 1 aromatic carbocycles. The molecule has 1 N–H and O–H groups in total. The molecule has 2 aromatic heterocycles. The number of ether oxygens (including phenoxy) is 1. The number of nitriles is 1. The number of nitrogens with zero attached hydrogens (tertiary/aromatic N) is 3. The van der Waals surface area contributed by atoms with E-state index >= 15 is 0 Å². The Morgan fingerprint density at radius 2 is 2.00 bits per heavy atom. The van der Waals surface area contributed by atoms with Crippen LogP contribution in [0.2, 0.25) is 0 Å². The first-order valence-corrected chi connectivity index (χ1v) is 9.85. The first-order valence-electron chi connectivity index (χ1n) is 9.85. The van der Waals surface area contributed by atoms with Crippen LogP contribution in [0.5, 0.6) is 5.75 Å². The molecule has 0 spiro atoms. The van der Waals surface area contributed by atoms with Crippen LogP contribution in [0.4, 0.5) is 5.88 Å². The molecule has 4 rings (SSSR count). The highest BCUT2D eigenvalue weighted by Crippen LogP contribution is 2.29. The Labute approximate surface area is 169 Å². The lowest BCUT2D eigenvalue weighted by Crippen LogP contribution is -2.37. The zero-order valence-electron chi connectivity index (χ0n) is 16.4. The molecular formula is C22H24N4O3. The Bertz CT molecular complexity index is 951. The van der Waals surface area contributed by atoms with Crippen LogP contribution in [-0.4, -0.2) is 36.6 Å². The molecule has 0 bridgehead atoms. The van der Waals surface area contributed by atoms with Crippen molar-refractivity contribution < 1.29 is 13.6 Å². The number of furan rings is 1. The molecule has 1 saturated heterocycles. The van der Waals surface area contributed by atoms with Gasteiger partial charge < -0.3 is 18.9 Å². The van der Waals surface area contributed by atoms with Crippen molar-refractivity contribution in [1.82, 2.24) is 9.88 Å². The van der Waals surface area contributed by atoms with Crippen LogP contribution in [-0.2, 0) is 0 Å². The maximum absolute atomic E-state index is 9.50. The van der Waals surface area contributed by atoms with Crippen molar-refractivity contribution >= 4 is 5.88 Å². The minimum absolute atomic E-state index is 0.0754. The number of anilines is 1. The molecule has 0 unspecified atom stereocenters. The van der Waals surface area contributed by atoms with Crippen molar-refractivity contribution in [3.8, 4) is 23.3 Å². The van der Waals surface area contributed by atoms with Gasteiger partial charge in [-0.15, -0.1) is 0 Å². The average Bonchev–Trinajstić information content (AvgIpc) is 3.45. The van der Waals surface area contributed by atoms with Crippen molar-refractivity contribution in [2.45, 2.75) is 25.3 Å². The first-order chi connectivity index (χ1) is 14.3. The topological polar surface area (TPSA) is 87.5 Å². The van der Waals surface area contributed by atoms with E-state index in [0.29, 0.717) is 18.3 Å². The Hall–Kier alpha value is -3.24. The standard InChI is InChI=1S/C22H24N4O3/c1-27-17-9-7-16(8-10-17)21-25-18(14-23)22(29-21)24-15-19(20-6-5-13-28-20)26-11-3-2-4-12-26/h5-10,13,19,24H,2-4,11-12,15H2,1H3/t19-/m1/s1. The zero-order chi connectivity index (χ0) is 20.1. The van der Waals surface area contributed by atoms with Crippen LogP contribution in [0.25, 0.3) is 11.5 Å². The molecule has 1 aliphatic rings. The summed E-state index contributed by atoms with van der Waals surface area (Å²) >= 11 is 0. The van der Waals surface area contributed by atoms with Crippen LogP contribution >= 0.6 is 0 Å². The van der Waals surface area contributed by atoms with Gasteiger partial charge in [-0.25, -0.2) is 0 Å². The molecule has 0 saturated carbocycles. The summed E-state index contributed by atoms with van der Waals surface area (Å²) < 4.78 is 16.8. The highest BCUT2D eigenvalue weighted by Gasteiger charge is 2.25. The Morgan fingerprint density at radius 3 is 2.66 bits per heavy atom. The lowest BCUT2D eigenvalue weighted by Gasteiger charge is -2.33. The van der Waals surface area contributed by atoms with Gasteiger partial charge >= 0.3 is 0 Å². The van der Waals surface area contributed by atoms with E-state index in [1.807, 2.05) is 36.4 Å². The zero-order valence-corrected chi connectivity index (χ0v) is 16.4. The Kier molecular flexibility index (Phi) is 5.82. The van der Waals surface area contributed by atoms with Gasteiger partial charge in [-0.05, 0) is 62.3 Å². The molecule has 3 heterocycles. The number of rotatable bonds is 7. The second kappa shape index (κ2) is 8.84. The summed E-state index contributed by atoms with van der Waals surface area (Å²) in [5.74, 6) is 2.45. The van der Waals surface area contributed by atoms with Gasteiger partial charge in [0.05, 0.1) is 19.4 Å². The van der Waals surface area contributed by atoms with Crippen molar-refractivity contribution in [2.24, 2.45) is 0 Å². The minimum atomic E-state index is 0.0754. The summed E-state index contributed by atoms with van der Waals surface area (Å²) in [6.45, 7) is 2.64. The summed E-state index contributed by atoms with van der Waals surface area (Å²) in [6.07, 6.45) is 5.33. The predicted molar refractivity (Wildman–Crippen MR) is 109 cm³/mol. The highest BCUT2D eigenvalue weighted by atomic mass is 16.5. The first kappa shape index (κ1) is 19.1. The van der Waals surface area contributed by atoms with E-state index in [4.69, 9.17) is 13.6 Å². The molecule has 0 aliphatic carbocycles. The van der Waals surface area contributed by atoms with Gasteiger partial charge in [0, 0.05) is 12.1 Å². The van der Waals surface area contributed by atoms with Crippen LogP contribution in [0.1, 0.15) is 36.8 Å². The molecule has 0 amide bonds. The van der Waals surface area contributed by atoms with Gasteiger partial charge in [0.2, 0.25) is 17.5 Å². The van der Waals surface area contributed by atoms with E-state index in [1.54, 1.807) is 13.4 Å². The van der Waals surface area contributed by atoms with Crippen LogP contribution in [0.3, 0.4) is 0 Å². The largest absolute Gasteiger partial charge is 0.497 e. The number of benzene rings is 1. The summed E-state index contributed by atoms with van der Waals surface area (Å²) in [5.41, 5.74) is 1.03. The number of hydrogen-bond acceptors (Lipinski definition) is 7. The summed E-state index contributed by atoms with van der Waals surface area (Å²) in [6, 6.07) is 13.5. The molecule has 0 radical (unpaired) electrons. The van der Waals surface area contributed by atoms with E-state index < -0.39 is 0 Å². The van der Waals surface area contributed by atoms with Crippen LogP contribution in [0.15, 0.2) is 51.5 Å². The Morgan fingerprint density at radius 1 is 1.21 bits per heavy atom. The second-order valence-electron chi connectivity index (χ2n) is 7.05. The number of aromatic nitrogens is 1. The van der Waals surface area contributed by atoms with Gasteiger partial charge in [0.15, 0.2) is 0 Å². The van der Waals surface area contributed by atoms with Gasteiger partial charge in [0.1, 0.15) is 17.6 Å². The number of nitrogens with one attached hydrogen (secondary N) is 1. The van der Waals surface area contributed by atoms with Crippen LogP contribution < -0.4 is 10.1 Å². The Balaban J connectivity index is 1.53. The highest BCUT2D eigenvalue weighted by molar-refractivity contribution is 5.59. The molecular weight excluding hydrogens is 368 g/mol. The fraction of sp³-hybridized carbons (Fsp3) is 0.364. The van der Waals surface area contributed by atoms with Crippen molar-refractivity contribution in [1.29, 1.82) is 5.26 Å². The normalized spacial score (nSPS) is 15.6. The summed E-state index contributed by atoms with van der Waals surface area (Å²) in [5, 5.41) is 12.8. The van der Waals surface area contributed by atoms with Crippen molar-refractivity contribution in [3.05, 3.63) is 54.1 Å². The maximum Gasteiger partial charge on any atom is 0.232 e. The van der Waals surface area contributed by atoms with Crippen molar-refractivity contribution in [2.75, 3.05) is 32.1 Å². The number of piperidine rings is 1. The lowest BCUT2D eigenvalue weighted by atomic mass is 10.1. The molecule has 29 heavy (non-hydrogen) atoms. The molecule has 7 nitrogen and oxygen atoms in total. The quantitative estimate of drug-likeness (QED) is 0.635. The smallest absolute Gasteiger partial charge is 0.232 e. The number of methoxy groups -OCH3 is 1. The minimum Gasteiger partial charge on any atom is -0.497 e. The SMILES string of the molecule is COc1ccc(-c2nc(C#N)c(NC[C@H](c3ccco3)N3CCCCC3)o2)cc1. The molecule has 7 heteroatoms. The molecule has 150 valence electrons. The van der Waals surface area contributed by atoms with E-state index in [2.05, 4.69) is 21.3 Å². The number of oxazole rings is 1. The summed E-state index contributed by atoms with van der Waals surface area (Å²) in [7, 11) is 1.62. The van der Waals surface area contributed by atoms with E-state index in [1.165, 1.54) is 19.3 Å². The van der Waals surface area contributed by atoms with Gasteiger partial charge in [-0.3, -0.25) is 4.90 Å². The van der Waals surface area contributed by atoms with E-state index in [-0.39, 0.29) is 11.7 Å². The fourth-order valence-corrected chi connectivity index (χ4v) is 3.68. The van der Waals surface area contributed by atoms with Gasteiger partial charge in [-0.1, -0.05) is 6.42 Å². The van der Waals surface area contributed by atoms with Crippen LogP contribution in [0, 0.1) is 11.3 Å². The fourth-order valence-electron chi connectivity index (χ4n) is 3.68. The summed E-state index contributed by atoms with van der Waals surface area (Å²) in [4.78, 5) is 6.76. The number of likely N-dealkylation sites (tertiary alicyclic amines) is 1.